The quantitative estimate of drug-likeness (QED) is 0.107. The number of fused-ring (bicyclic) bond motifs is 3. The molecule has 8 aromatic carbocycles. The zero-order valence-electron chi connectivity index (χ0n) is 52.7. The molecule has 11 rings (SSSR count). The smallest absolute Gasteiger partial charge is 0.272 e. The molecule has 0 atom stereocenters. The first-order valence-corrected chi connectivity index (χ1v) is 24.3. The van der Waals surface area contributed by atoms with Gasteiger partial charge in [0.2, 0.25) is 0 Å². The molecule has 0 radical (unpaired) electrons. The third kappa shape index (κ3) is 9.79. The largest absolute Gasteiger partial charge is 0.510 e. The average Bonchev–Trinajstić information content (AvgIpc) is 1.57. The molecule has 0 N–H and O–H groups in total. The average molecular weight is 1160 g/mol. The van der Waals surface area contributed by atoms with Gasteiger partial charge in [0.1, 0.15) is 5.82 Å². The molecule has 370 valence electrons. The minimum atomic E-state index is -0.593. The number of nitrogens with zero attached hydrogens (tertiary/aromatic N) is 5. The Kier molecular flexibility index (Phi) is 10.3. The molecule has 0 amide bonds. The van der Waals surface area contributed by atoms with Gasteiger partial charge in [0.05, 0.1) is 19.4 Å². The maximum Gasteiger partial charge on any atom is 0.272 e. The number of benzene rings is 8. The number of aromatic nitrogens is 5. The molecular formula is C67H59N5OPt-2. The van der Waals surface area contributed by atoms with Crippen LogP contribution >= 0.6 is 0 Å². The summed E-state index contributed by atoms with van der Waals surface area (Å²) >= 11 is 0. The Balaban J connectivity index is 0.00000786. The van der Waals surface area contributed by atoms with E-state index in [1.54, 1.807) is 41.0 Å². The summed E-state index contributed by atoms with van der Waals surface area (Å²) in [6.07, 6.45) is 5.16. The number of ether oxygens (including phenoxy) is 1. The van der Waals surface area contributed by atoms with Crippen molar-refractivity contribution in [2.75, 3.05) is 0 Å². The van der Waals surface area contributed by atoms with Crippen LogP contribution < -0.4 is 9.42 Å². The van der Waals surface area contributed by atoms with Gasteiger partial charge in [-0.3, -0.25) is 0 Å². The van der Waals surface area contributed by atoms with Crippen LogP contribution in [-0.4, -0.2) is 19.2 Å². The predicted octanol–water partition coefficient (Wildman–Crippen LogP) is 16.4. The molecule has 0 aliphatic heterocycles. The summed E-state index contributed by atoms with van der Waals surface area (Å²) in [5, 5.41) is 7.05. The first kappa shape index (κ1) is 38.9. The topological polar surface area (TPSA) is 48.8 Å². The van der Waals surface area contributed by atoms with E-state index in [-0.39, 0.29) is 65.3 Å². The Morgan fingerprint density at radius 1 is 0.527 bits per heavy atom. The van der Waals surface area contributed by atoms with Crippen molar-refractivity contribution in [3.8, 4) is 73.5 Å². The summed E-state index contributed by atoms with van der Waals surface area (Å²) in [5.74, 6) is 1.77. The van der Waals surface area contributed by atoms with Crippen molar-refractivity contribution in [1.82, 2.24) is 19.2 Å². The SMILES string of the molecule is [2H]c1c([2H])c([2H])c(-c2cccc(-c3c([2H])c([2H])c([2H])c([2H])c3[2H])c2-[n+]2[c-]n(-c3[c-]c(Oc4[c-]c5c(cc4)c4cc(-c6cc(C(C)(C)C)cc(C(C)(C)C)c6)ccc4n5-c4cc(C(C)(C)C)ccn4)ccc3)c(-c3ccccc3)n2)c([2H])c1[2H].[Pt]. The van der Waals surface area contributed by atoms with Crippen LogP contribution in [0.15, 0.2) is 194 Å². The number of hydrogen-bond donors (Lipinski definition) is 0. The molecule has 3 heterocycles. The second kappa shape index (κ2) is 19.6. The first-order chi connectivity index (χ1) is 39.2. The van der Waals surface area contributed by atoms with Crippen molar-refractivity contribution in [2.24, 2.45) is 0 Å². The third-order valence-electron chi connectivity index (χ3n) is 13.1. The van der Waals surface area contributed by atoms with Gasteiger partial charge in [-0.15, -0.1) is 34.8 Å². The predicted molar refractivity (Wildman–Crippen MR) is 298 cm³/mol. The van der Waals surface area contributed by atoms with Gasteiger partial charge in [0.25, 0.3) is 6.33 Å². The van der Waals surface area contributed by atoms with E-state index >= 15 is 0 Å². The van der Waals surface area contributed by atoms with Gasteiger partial charge in [-0.25, -0.2) is 4.98 Å². The molecule has 11 aromatic rings. The molecule has 0 saturated heterocycles. The molecule has 0 unspecified atom stereocenters. The standard InChI is InChI=1S/C67H59N5O.Pt/c1-65(2,3)50-35-36-68-62(41-50)72-60-34-31-48(49-37-51(66(4,5)6)40-52(38-49)67(7,8)9)39-59(60)58-33-32-55(43-61(58)72)73-54-28-19-27-53(42-54)70-44-71(69-64(70)47-25-17-12-18-26-47)63-56(45-21-13-10-14-22-45)29-20-30-57(63)46-23-15-11-16-24-46;/h10-41H,1-9H3;/q-2;/i10D,11D,13D,14D,15D,16D,21D,22D,23D,24D;. The first-order valence-electron chi connectivity index (χ1n) is 29.3. The molecule has 0 spiro atoms. The number of pyridine rings is 1. The Hall–Kier alpha value is -7.66. The van der Waals surface area contributed by atoms with Gasteiger partial charge >= 0.3 is 0 Å². The van der Waals surface area contributed by atoms with Crippen molar-refractivity contribution < 1.29 is 44.2 Å². The van der Waals surface area contributed by atoms with Crippen LogP contribution in [0.1, 0.15) is 92.7 Å². The zero-order valence-corrected chi connectivity index (χ0v) is 44.9. The fourth-order valence-corrected chi connectivity index (χ4v) is 9.10. The van der Waals surface area contributed by atoms with E-state index in [1.165, 1.54) is 15.8 Å². The monoisotopic (exact) mass is 1150 g/mol. The summed E-state index contributed by atoms with van der Waals surface area (Å²) in [5.41, 5.74) is 8.14. The van der Waals surface area contributed by atoms with Crippen LogP contribution in [0.3, 0.4) is 0 Å². The zero-order chi connectivity index (χ0) is 59.4. The van der Waals surface area contributed by atoms with E-state index in [2.05, 4.69) is 128 Å². The Morgan fingerprint density at radius 2 is 1.15 bits per heavy atom. The summed E-state index contributed by atoms with van der Waals surface area (Å²) < 4.78 is 99.3. The van der Waals surface area contributed by atoms with Crippen molar-refractivity contribution in [3.63, 3.8) is 0 Å². The Labute approximate surface area is 464 Å². The van der Waals surface area contributed by atoms with Crippen LogP contribution in [0, 0.1) is 18.5 Å². The van der Waals surface area contributed by atoms with E-state index in [0.29, 0.717) is 28.6 Å². The normalized spacial score (nSPS) is 13.9. The molecule has 74 heavy (non-hydrogen) atoms. The van der Waals surface area contributed by atoms with E-state index in [9.17, 15) is 0 Å². The minimum absolute atomic E-state index is 0. The summed E-state index contributed by atoms with van der Waals surface area (Å²) in [6, 6.07) is 42.4. The molecule has 0 aliphatic carbocycles. The van der Waals surface area contributed by atoms with Crippen molar-refractivity contribution in [3.05, 3.63) is 229 Å². The second-order valence-corrected chi connectivity index (χ2v) is 21.3. The van der Waals surface area contributed by atoms with Crippen molar-refractivity contribution in [1.29, 1.82) is 0 Å². The van der Waals surface area contributed by atoms with Gasteiger partial charge in [-0.05, 0) is 89.9 Å². The van der Waals surface area contributed by atoms with Crippen molar-refractivity contribution in [2.45, 2.75) is 78.6 Å². The van der Waals surface area contributed by atoms with Gasteiger partial charge < -0.3 is 13.9 Å². The van der Waals surface area contributed by atoms with Crippen LogP contribution in [0.5, 0.6) is 11.5 Å². The van der Waals surface area contributed by atoms with Gasteiger partial charge in [-0.2, -0.15) is 22.9 Å². The maximum absolute atomic E-state index is 9.06. The van der Waals surface area contributed by atoms with E-state index < -0.39 is 60.4 Å². The molecule has 0 fully saturated rings. The van der Waals surface area contributed by atoms with E-state index in [4.69, 9.17) is 28.5 Å². The van der Waals surface area contributed by atoms with E-state index in [0.717, 1.165) is 44.3 Å². The molecule has 0 saturated carbocycles. The maximum atomic E-state index is 9.06. The number of rotatable bonds is 9. The molecule has 0 bridgehead atoms. The fraction of sp³-hybridized carbons (Fsp3) is 0.179. The molecule has 7 heteroatoms. The number of hydrogen-bond acceptors (Lipinski definition) is 3. The Morgan fingerprint density at radius 3 is 1.78 bits per heavy atom. The van der Waals surface area contributed by atoms with Crippen LogP contribution in [0.4, 0.5) is 0 Å². The Bertz CT molecular complexity index is 4260. The minimum Gasteiger partial charge on any atom is -0.510 e. The molecule has 0 aliphatic rings. The summed E-state index contributed by atoms with van der Waals surface area (Å²) in [6.45, 7) is 20.0. The summed E-state index contributed by atoms with van der Waals surface area (Å²) in [7, 11) is 0. The van der Waals surface area contributed by atoms with Gasteiger partial charge in [-0.1, -0.05) is 213 Å². The molecular weight excluding hydrogens is 1090 g/mol. The summed E-state index contributed by atoms with van der Waals surface area (Å²) in [4.78, 5) is 4.95. The van der Waals surface area contributed by atoms with Gasteiger partial charge in [0, 0.05) is 49.8 Å². The van der Waals surface area contributed by atoms with Crippen LogP contribution in [-0.2, 0) is 37.3 Å². The van der Waals surface area contributed by atoms with Gasteiger partial charge in [0.15, 0.2) is 5.82 Å². The van der Waals surface area contributed by atoms with Crippen molar-refractivity contribution >= 4 is 21.8 Å². The fourth-order valence-electron chi connectivity index (χ4n) is 9.10. The third-order valence-corrected chi connectivity index (χ3v) is 13.1. The van der Waals surface area contributed by atoms with Crippen LogP contribution in [0.25, 0.3) is 83.8 Å². The second-order valence-electron chi connectivity index (χ2n) is 21.3. The molecule has 6 nitrogen and oxygen atoms in total. The molecule has 3 aromatic heterocycles. The number of para-hydroxylation sites is 1. The van der Waals surface area contributed by atoms with Crippen LogP contribution in [0.2, 0.25) is 0 Å². The van der Waals surface area contributed by atoms with E-state index in [1.807, 2.05) is 54.7 Å².